The van der Waals surface area contributed by atoms with Crippen molar-refractivity contribution >= 4 is 10.0 Å². The maximum Gasteiger partial charge on any atom is 0.215 e. The van der Waals surface area contributed by atoms with E-state index < -0.39 is 10.0 Å². The minimum Gasteiger partial charge on any atom is -0.378 e. The maximum atomic E-state index is 12.8. The molecule has 1 saturated heterocycles. The molecule has 5 heteroatoms. The summed E-state index contributed by atoms with van der Waals surface area (Å²) in [4.78, 5) is 0. The third kappa shape index (κ3) is 3.99. The number of hydrogen-bond donors (Lipinski definition) is 0. The van der Waals surface area contributed by atoms with E-state index in [2.05, 4.69) is 0 Å². The summed E-state index contributed by atoms with van der Waals surface area (Å²) in [6.45, 7) is 1.28. The predicted octanol–water partition coefficient (Wildman–Crippen LogP) is 2.63. The predicted molar refractivity (Wildman–Crippen MR) is 90.6 cm³/mol. The molecule has 1 fully saturated rings. The average Bonchev–Trinajstić information content (AvgIpc) is 2.62. The molecule has 0 aliphatic carbocycles. The minimum atomic E-state index is -3.33. The molecular weight excluding hydrogens is 310 g/mol. The van der Waals surface area contributed by atoms with Crippen molar-refractivity contribution in [2.45, 2.75) is 12.5 Å². The lowest BCUT2D eigenvalue weighted by Gasteiger charge is -2.34. The molecule has 122 valence electrons. The molecule has 0 aromatic heterocycles. The number of benzene rings is 2. The fraction of sp³-hybridized carbons (Fsp3) is 0.333. The van der Waals surface area contributed by atoms with Crippen LogP contribution in [0, 0.1) is 0 Å². The molecule has 0 bridgehead atoms. The molecule has 1 unspecified atom stereocenters. The molecule has 2 aromatic rings. The quantitative estimate of drug-likeness (QED) is 0.846. The molecule has 23 heavy (non-hydrogen) atoms. The lowest BCUT2D eigenvalue weighted by molar-refractivity contribution is 0.0321. The zero-order valence-corrected chi connectivity index (χ0v) is 13.8. The standard InChI is InChI=1S/C18H21NO3S/c20-23(21,14-11-16-7-3-1-4-8-16)19-12-13-22-15-18(19)17-9-5-2-6-10-17/h1-10,18H,11-15H2. The number of sulfonamides is 1. The van der Waals surface area contributed by atoms with E-state index >= 15 is 0 Å². The van der Waals surface area contributed by atoms with Gasteiger partial charge >= 0.3 is 0 Å². The molecule has 4 nitrogen and oxygen atoms in total. The van der Waals surface area contributed by atoms with Gasteiger partial charge in [-0.2, -0.15) is 4.31 Å². The first-order valence-electron chi connectivity index (χ1n) is 7.83. The van der Waals surface area contributed by atoms with Crippen LogP contribution in [0.15, 0.2) is 60.7 Å². The van der Waals surface area contributed by atoms with Gasteiger partial charge in [-0.1, -0.05) is 60.7 Å². The molecule has 1 aliphatic heterocycles. The highest BCUT2D eigenvalue weighted by molar-refractivity contribution is 7.89. The number of rotatable bonds is 5. The van der Waals surface area contributed by atoms with Crippen molar-refractivity contribution in [1.82, 2.24) is 4.31 Å². The van der Waals surface area contributed by atoms with E-state index in [1.54, 1.807) is 4.31 Å². The zero-order valence-electron chi connectivity index (χ0n) is 13.0. The van der Waals surface area contributed by atoms with Crippen molar-refractivity contribution in [2.75, 3.05) is 25.5 Å². The molecule has 1 aliphatic rings. The SMILES string of the molecule is O=S(=O)(CCc1ccccc1)N1CCOCC1c1ccccc1. The van der Waals surface area contributed by atoms with E-state index in [4.69, 9.17) is 4.74 Å². The van der Waals surface area contributed by atoms with E-state index in [1.165, 1.54) is 0 Å². The van der Waals surface area contributed by atoms with Gasteiger partial charge in [-0.05, 0) is 17.5 Å². The summed E-state index contributed by atoms with van der Waals surface area (Å²) in [6.07, 6.45) is 0.530. The van der Waals surface area contributed by atoms with Crippen LogP contribution in [0.5, 0.6) is 0 Å². The lowest BCUT2D eigenvalue weighted by atomic mass is 10.1. The van der Waals surface area contributed by atoms with Crippen molar-refractivity contribution in [3.05, 3.63) is 71.8 Å². The highest BCUT2D eigenvalue weighted by Crippen LogP contribution is 2.27. The monoisotopic (exact) mass is 331 g/mol. The molecule has 1 atom stereocenters. The van der Waals surface area contributed by atoms with Crippen LogP contribution in [0.2, 0.25) is 0 Å². The Morgan fingerprint density at radius 2 is 1.65 bits per heavy atom. The second-order valence-electron chi connectivity index (χ2n) is 5.66. The molecule has 0 radical (unpaired) electrons. The van der Waals surface area contributed by atoms with Gasteiger partial charge in [0.1, 0.15) is 0 Å². The second kappa shape index (κ2) is 7.25. The number of hydrogen-bond acceptors (Lipinski definition) is 3. The van der Waals surface area contributed by atoms with Gasteiger partial charge in [-0.25, -0.2) is 8.42 Å². The smallest absolute Gasteiger partial charge is 0.215 e. The Hall–Kier alpha value is -1.69. The van der Waals surface area contributed by atoms with Gasteiger partial charge in [0.25, 0.3) is 0 Å². The fourth-order valence-electron chi connectivity index (χ4n) is 2.87. The summed E-state index contributed by atoms with van der Waals surface area (Å²) >= 11 is 0. The van der Waals surface area contributed by atoms with Gasteiger partial charge in [0.2, 0.25) is 10.0 Å². The van der Waals surface area contributed by atoms with Gasteiger partial charge in [0, 0.05) is 6.54 Å². The van der Waals surface area contributed by atoms with Gasteiger partial charge in [-0.15, -0.1) is 0 Å². The van der Waals surface area contributed by atoms with Crippen LogP contribution in [-0.2, 0) is 21.2 Å². The summed E-state index contributed by atoms with van der Waals surface area (Å²) in [5, 5.41) is 0. The Bertz CT molecular complexity index is 716. The van der Waals surface area contributed by atoms with E-state index in [0.29, 0.717) is 26.2 Å². The first-order chi connectivity index (χ1) is 11.2. The van der Waals surface area contributed by atoms with Crippen LogP contribution in [0.1, 0.15) is 17.2 Å². The Morgan fingerprint density at radius 1 is 1.00 bits per heavy atom. The van der Waals surface area contributed by atoms with Crippen LogP contribution in [-0.4, -0.2) is 38.2 Å². The summed E-state index contributed by atoms with van der Waals surface area (Å²) in [7, 11) is -3.33. The molecule has 0 saturated carbocycles. The van der Waals surface area contributed by atoms with Crippen LogP contribution in [0.25, 0.3) is 0 Å². The third-order valence-electron chi connectivity index (χ3n) is 4.11. The number of ether oxygens (including phenoxy) is 1. The van der Waals surface area contributed by atoms with Crippen molar-refractivity contribution < 1.29 is 13.2 Å². The maximum absolute atomic E-state index is 12.8. The minimum absolute atomic E-state index is 0.125. The first kappa shape index (κ1) is 16.2. The summed E-state index contributed by atoms with van der Waals surface area (Å²) in [5.41, 5.74) is 2.02. The normalized spacial score (nSPS) is 19.6. The molecular formula is C18H21NO3S. The molecule has 1 heterocycles. The molecule has 0 spiro atoms. The van der Waals surface area contributed by atoms with Gasteiger partial charge in [-0.3, -0.25) is 0 Å². The summed E-state index contributed by atoms with van der Waals surface area (Å²) < 4.78 is 32.8. The highest BCUT2D eigenvalue weighted by atomic mass is 32.2. The van der Waals surface area contributed by atoms with E-state index in [1.807, 2.05) is 60.7 Å². The van der Waals surface area contributed by atoms with Crippen LogP contribution in [0.4, 0.5) is 0 Å². The van der Waals surface area contributed by atoms with E-state index in [-0.39, 0.29) is 11.8 Å². The first-order valence-corrected chi connectivity index (χ1v) is 9.44. The van der Waals surface area contributed by atoms with Crippen molar-refractivity contribution in [3.8, 4) is 0 Å². The van der Waals surface area contributed by atoms with Gasteiger partial charge < -0.3 is 4.74 Å². The Morgan fingerprint density at radius 3 is 2.35 bits per heavy atom. The third-order valence-corrected chi connectivity index (χ3v) is 5.98. The highest BCUT2D eigenvalue weighted by Gasteiger charge is 2.33. The van der Waals surface area contributed by atoms with E-state index in [0.717, 1.165) is 11.1 Å². The van der Waals surface area contributed by atoms with Gasteiger partial charge in [0.05, 0.1) is 25.0 Å². The van der Waals surface area contributed by atoms with Crippen LogP contribution >= 0.6 is 0 Å². The molecule has 0 amide bonds. The Balaban J connectivity index is 1.76. The summed E-state index contributed by atoms with van der Waals surface area (Å²) in [6, 6.07) is 19.2. The molecule has 0 N–H and O–H groups in total. The Kier molecular flexibility index (Phi) is 5.10. The number of aryl methyl sites for hydroxylation is 1. The fourth-order valence-corrected chi connectivity index (χ4v) is 4.52. The van der Waals surface area contributed by atoms with Crippen molar-refractivity contribution in [3.63, 3.8) is 0 Å². The number of morpholine rings is 1. The van der Waals surface area contributed by atoms with E-state index in [9.17, 15) is 8.42 Å². The largest absolute Gasteiger partial charge is 0.378 e. The van der Waals surface area contributed by atoms with Crippen molar-refractivity contribution in [2.24, 2.45) is 0 Å². The average molecular weight is 331 g/mol. The van der Waals surface area contributed by atoms with Gasteiger partial charge in [0.15, 0.2) is 0 Å². The summed E-state index contributed by atoms with van der Waals surface area (Å²) in [5.74, 6) is 0.125. The molecule has 3 rings (SSSR count). The van der Waals surface area contributed by atoms with Crippen LogP contribution in [0.3, 0.4) is 0 Å². The lowest BCUT2D eigenvalue weighted by Crippen LogP contribution is -2.44. The number of nitrogens with zero attached hydrogens (tertiary/aromatic N) is 1. The topological polar surface area (TPSA) is 46.6 Å². The molecule has 2 aromatic carbocycles. The second-order valence-corrected chi connectivity index (χ2v) is 7.70. The Labute approximate surface area is 137 Å². The zero-order chi connectivity index (χ0) is 16.1. The van der Waals surface area contributed by atoms with Crippen LogP contribution < -0.4 is 0 Å². The van der Waals surface area contributed by atoms with Crippen molar-refractivity contribution in [1.29, 1.82) is 0 Å².